The second-order valence-electron chi connectivity index (χ2n) is 10.5. The molecule has 204 valence electrons. The predicted molar refractivity (Wildman–Crippen MR) is 149 cm³/mol. The maximum atomic E-state index is 14.0. The number of carbonyl (C=O) groups is 5. The molecular weight excluding hydrogens is 567 g/mol. The van der Waals surface area contributed by atoms with E-state index in [1.807, 2.05) is 0 Å². The van der Waals surface area contributed by atoms with Crippen molar-refractivity contribution in [2.75, 3.05) is 9.80 Å². The lowest BCUT2D eigenvalue weighted by Gasteiger charge is -2.46. The summed E-state index contributed by atoms with van der Waals surface area (Å²) < 4.78 is 5.62. The van der Waals surface area contributed by atoms with Crippen LogP contribution in [0.3, 0.4) is 0 Å². The van der Waals surface area contributed by atoms with Gasteiger partial charge in [-0.15, -0.1) is 0 Å². The van der Waals surface area contributed by atoms with Crippen LogP contribution in [0.5, 0.6) is 5.75 Å². The molecular formula is C31H20Cl2N2O6. The van der Waals surface area contributed by atoms with Crippen molar-refractivity contribution in [3.8, 4) is 5.75 Å². The quantitative estimate of drug-likeness (QED) is 0.249. The summed E-state index contributed by atoms with van der Waals surface area (Å²) in [6, 6.07) is 21.3. The molecule has 3 aliphatic carbocycles. The first-order valence-electron chi connectivity index (χ1n) is 13.0. The Morgan fingerprint density at radius 3 is 1.51 bits per heavy atom. The van der Waals surface area contributed by atoms with Crippen molar-refractivity contribution in [2.24, 2.45) is 35.5 Å². The molecule has 2 unspecified atom stereocenters. The molecule has 2 heterocycles. The molecule has 0 N–H and O–H groups in total. The van der Waals surface area contributed by atoms with Crippen LogP contribution in [-0.2, 0) is 24.0 Å². The number of para-hydroxylation sites is 3. The van der Waals surface area contributed by atoms with Crippen LogP contribution in [0.15, 0.2) is 90.5 Å². The number of rotatable bonds is 4. The van der Waals surface area contributed by atoms with Crippen LogP contribution in [0.25, 0.3) is 0 Å². The van der Waals surface area contributed by atoms with Crippen molar-refractivity contribution in [3.05, 3.63) is 101 Å². The first-order valence-corrected chi connectivity index (χ1v) is 13.8. The largest absolute Gasteiger partial charge is 0.423 e. The van der Waals surface area contributed by atoms with Gasteiger partial charge in [0.1, 0.15) is 5.75 Å². The average Bonchev–Trinajstić information content (AvgIpc) is 3.40. The number of hydrogen-bond acceptors (Lipinski definition) is 6. The molecule has 1 saturated carbocycles. The summed E-state index contributed by atoms with van der Waals surface area (Å²) in [5.41, 5.74) is 0.532. The fraction of sp³-hybridized carbons (Fsp3) is 0.194. The summed E-state index contributed by atoms with van der Waals surface area (Å²) in [5, 5.41) is 0.406. The lowest BCUT2D eigenvalue weighted by molar-refractivity contribution is -0.142. The van der Waals surface area contributed by atoms with E-state index in [4.69, 9.17) is 27.9 Å². The van der Waals surface area contributed by atoms with Gasteiger partial charge in [-0.2, -0.15) is 0 Å². The maximum absolute atomic E-state index is 14.0. The number of nitrogens with zero attached hydrogens (tertiary/aromatic N) is 2. The Morgan fingerprint density at radius 2 is 1.02 bits per heavy atom. The molecule has 6 atom stereocenters. The summed E-state index contributed by atoms with van der Waals surface area (Å²) in [4.78, 5) is 71.5. The second-order valence-corrected chi connectivity index (χ2v) is 11.3. The highest BCUT2D eigenvalue weighted by Gasteiger charge is 2.71. The van der Waals surface area contributed by atoms with Crippen LogP contribution in [0, 0.1) is 35.5 Å². The number of hydrogen-bond donors (Lipinski definition) is 0. The zero-order chi connectivity index (χ0) is 28.6. The number of ether oxygens (including phenoxy) is 1. The van der Waals surface area contributed by atoms with Gasteiger partial charge in [0.15, 0.2) is 0 Å². The Kier molecular flexibility index (Phi) is 5.88. The van der Waals surface area contributed by atoms with Crippen molar-refractivity contribution in [2.45, 2.75) is 0 Å². The highest BCUT2D eigenvalue weighted by atomic mass is 35.5. The Bertz CT molecular complexity index is 1620. The number of esters is 1. The highest BCUT2D eigenvalue weighted by molar-refractivity contribution is 6.37. The summed E-state index contributed by atoms with van der Waals surface area (Å²) in [6.45, 7) is 0. The summed E-state index contributed by atoms with van der Waals surface area (Å²) in [6.07, 6.45) is 1.56. The van der Waals surface area contributed by atoms with Gasteiger partial charge in [0.2, 0.25) is 23.6 Å². The van der Waals surface area contributed by atoms with Crippen molar-refractivity contribution >= 4 is 64.2 Å². The zero-order valence-corrected chi connectivity index (χ0v) is 22.7. The van der Waals surface area contributed by atoms with Gasteiger partial charge in [-0.05, 0) is 36.4 Å². The Morgan fingerprint density at radius 1 is 0.585 bits per heavy atom. The van der Waals surface area contributed by atoms with Crippen LogP contribution < -0.4 is 14.5 Å². The monoisotopic (exact) mass is 586 g/mol. The van der Waals surface area contributed by atoms with E-state index in [0.29, 0.717) is 0 Å². The van der Waals surface area contributed by atoms with E-state index in [0.717, 1.165) is 9.80 Å². The van der Waals surface area contributed by atoms with Crippen LogP contribution >= 0.6 is 23.2 Å². The molecule has 2 bridgehead atoms. The first kappa shape index (κ1) is 25.7. The third kappa shape index (κ3) is 3.64. The molecule has 3 fully saturated rings. The minimum absolute atomic E-state index is 0.102. The number of halogens is 2. The molecule has 3 aromatic rings. The molecule has 10 heteroatoms. The van der Waals surface area contributed by atoms with E-state index in [9.17, 15) is 24.0 Å². The molecule has 0 radical (unpaired) electrons. The predicted octanol–water partition coefficient (Wildman–Crippen LogP) is 4.70. The minimum Gasteiger partial charge on any atom is -0.423 e. The molecule has 0 spiro atoms. The first-order chi connectivity index (χ1) is 19.8. The number of allylic oxidation sites excluding steroid dienone is 1. The van der Waals surface area contributed by atoms with Gasteiger partial charge >= 0.3 is 5.97 Å². The Hall–Kier alpha value is -4.27. The topological polar surface area (TPSA) is 101 Å². The Balaban J connectivity index is 1.35. The van der Waals surface area contributed by atoms with Crippen molar-refractivity contribution in [1.29, 1.82) is 0 Å². The van der Waals surface area contributed by atoms with Crippen LogP contribution in [-0.4, -0.2) is 29.6 Å². The van der Waals surface area contributed by atoms with Crippen molar-refractivity contribution in [3.63, 3.8) is 0 Å². The van der Waals surface area contributed by atoms with E-state index >= 15 is 0 Å². The molecule has 4 amide bonds. The van der Waals surface area contributed by atoms with Crippen LogP contribution in [0.2, 0.25) is 10.0 Å². The third-order valence-corrected chi connectivity index (χ3v) is 9.15. The van der Waals surface area contributed by atoms with Crippen molar-refractivity contribution in [1.82, 2.24) is 0 Å². The lowest BCUT2D eigenvalue weighted by Crippen LogP contribution is -2.53. The summed E-state index contributed by atoms with van der Waals surface area (Å²) in [5.74, 6) is -8.65. The minimum atomic E-state index is -1.07. The maximum Gasteiger partial charge on any atom is 0.339 e. The number of benzene rings is 3. The fourth-order valence-corrected chi connectivity index (χ4v) is 7.39. The van der Waals surface area contributed by atoms with Gasteiger partial charge in [0.25, 0.3) is 0 Å². The van der Waals surface area contributed by atoms with E-state index in [-0.39, 0.29) is 32.7 Å². The number of imide groups is 2. The molecule has 41 heavy (non-hydrogen) atoms. The molecule has 2 aliphatic heterocycles. The molecule has 8 rings (SSSR count). The van der Waals surface area contributed by atoms with Crippen molar-refractivity contribution < 1.29 is 28.7 Å². The fourth-order valence-electron chi connectivity index (χ4n) is 6.95. The molecule has 8 nitrogen and oxygen atoms in total. The van der Waals surface area contributed by atoms with Gasteiger partial charge in [-0.3, -0.25) is 19.2 Å². The van der Waals surface area contributed by atoms with Gasteiger partial charge in [0.05, 0.1) is 45.1 Å². The van der Waals surface area contributed by atoms with E-state index in [1.165, 1.54) is 0 Å². The normalized spacial score (nSPS) is 28.1. The van der Waals surface area contributed by atoms with E-state index in [1.54, 1.807) is 84.9 Å². The van der Waals surface area contributed by atoms with E-state index in [2.05, 4.69) is 0 Å². The summed E-state index contributed by atoms with van der Waals surface area (Å²) >= 11 is 12.7. The third-order valence-electron chi connectivity index (χ3n) is 8.51. The second kappa shape index (κ2) is 9.39. The molecule has 0 aromatic heterocycles. The van der Waals surface area contributed by atoms with Gasteiger partial charge in [-0.25, -0.2) is 14.6 Å². The number of carbonyl (C=O) groups excluding carboxylic acids is 5. The zero-order valence-electron chi connectivity index (χ0n) is 21.1. The smallest absolute Gasteiger partial charge is 0.339 e. The summed E-state index contributed by atoms with van der Waals surface area (Å²) in [7, 11) is 0. The average molecular weight is 587 g/mol. The molecule has 5 aliphatic rings. The van der Waals surface area contributed by atoms with E-state index < -0.39 is 65.1 Å². The van der Waals surface area contributed by atoms with Gasteiger partial charge in [0, 0.05) is 17.4 Å². The molecule has 3 aromatic carbocycles. The molecule has 2 saturated heterocycles. The standard InChI is InChI=1S/C31H20Cl2N2O6/c32-18-10-4-6-12-20(18)34-27(36)23-16-14-17(31(40)41-15-8-2-1-3-9-15)22(25(23)29(34)38)26-24(16)28(37)35(30(26)39)21-13-7-5-11-19(21)33/h1-14,16,22-26H/t16?,22?,23-,24+,25+,26-. The highest BCUT2D eigenvalue weighted by Crippen LogP contribution is 2.61. The van der Waals surface area contributed by atoms with Crippen LogP contribution in [0.1, 0.15) is 0 Å². The van der Waals surface area contributed by atoms with Gasteiger partial charge < -0.3 is 4.74 Å². The number of amides is 4. The van der Waals surface area contributed by atoms with Crippen LogP contribution in [0.4, 0.5) is 11.4 Å². The number of anilines is 2. The van der Waals surface area contributed by atoms with Gasteiger partial charge in [-0.1, -0.05) is 71.7 Å². The lowest BCUT2D eigenvalue weighted by atomic mass is 9.52. The Labute approximate surface area is 244 Å². The SMILES string of the molecule is O=C(Oc1ccccc1)C1=CC2[C@H]3C(=O)N(c4ccccc4Cl)C(=O)[C@H]3C1[C@H]1C(=O)N(c3ccccc3Cl)C(=O)[C@@H]21.